The van der Waals surface area contributed by atoms with Crippen LogP contribution in [-0.4, -0.2) is 30.2 Å². The summed E-state index contributed by atoms with van der Waals surface area (Å²) >= 11 is 3.28. The van der Waals surface area contributed by atoms with E-state index < -0.39 is 10.9 Å². The molecular formula is C11H13BrN2O3. The van der Waals surface area contributed by atoms with E-state index in [1.807, 2.05) is 30.3 Å². The lowest BCUT2D eigenvalue weighted by molar-refractivity contribution is -0.120. The molecule has 1 aromatic rings. The maximum absolute atomic E-state index is 11.7. The third-order valence-corrected chi connectivity index (χ3v) is 2.97. The number of amides is 2. The predicted molar refractivity (Wildman–Crippen MR) is 67.1 cm³/mol. The molecule has 0 heterocycles. The number of carboxylic acid groups (broad SMARTS) is 1. The number of nitrogens with one attached hydrogen (secondary N) is 2. The minimum absolute atomic E-state index is 0.190. The van der Waals surface area contributed by atoms with E-state index in [0.29, 0.717) is 0 Å². The standard InChI is InChI=1S/C11H13BrN2O3/c12-9(8-4-2-1-3-5-8)10(15)13-6-7-14-11(16)17/h1-5,9,14H,6-7H2,(H,13,15)(H,16,17). The Morgan fingerprint density at radius 3 is 2.35 bits per heavy atom. The quantitative estimate of drug-likeness (QED) is 0.570. The molecule has 0 spiro atoms. The zero-order valence-electron chi connectivity index (χ0n) is 9.02. The second-order valence-electron chi connectivity index (χ2n) is 3.30. The Balaban J connectivity index is 2.35. The summed E-state index contributed by atoms with van der Waals surface area (Å²) in [6.07, 6.45) is -1.10. The van der Waals surface area contributed by atoms with Gasteiger partial charge < -0.3 is 15.7 Å². The molecular weight excluding hydrogens is 288 g/mol. The molecule has 1 rings (SSSR count). The first-order valence-corrected chi connectivity index (χ1v) is 5.96. The van der Waals surface area contributed by atoms with Crippen LogP contribution in [0.15, 0.2) is 30.3 Å². The maximum Gasteiger partial charge on any atom is 0.404 e. The molecule has 0 saturated heterocycles. The number of halogens is 1. The van der Waals surface area contributed by atoms with Crippen LogP contribution in [0.5, 0.6) is 0 Å². The van der Waals surface area contributed by atoms with Crippen molar-refractivity contribution in [3.63, 3.8) is 0 Å². The van der Waals surface area contributed by atoms with E-state index in [-0.39, 0.29) is 19.0 Å². The molecule has 0 aliphatic heterocycles. The fraction of sp³-hybridized carbons (Fsp3) is 0.273. The summed E-state index contributed by atoms with van der Waals surface area (Å²) in [5.41, 5.74) is 0.858. The summed E-state index contributed by atoms with van der Waals surface area (Å²) in [6, 6.07) is 9.26. The van der Waals surface area contributed by atoms with Crippen LogP contribution < -0.4 is 10.6 Å². The monoisotopic (exact) mass is 300 g/mol. The lowest BCUT2D eigenvalue weighted by Crippen LogP contribution is -2.35. The number of hydrogen-bond donors (Lipinski definition) is 3. The van der Waals surface area contributed by atoms with Gasteiger partial charge in [-0.2, -0.15) is 0 Å². The summed E-state index contributed by atoms with van der Waals surface area (Å²) in [4.78, 5) is 21.4. The molecule has 0 saturated carbocycles. The van der Waals surface area contributed by atoms with Gasteiger partial charge in [-0.05, 0) is 5.56 Å². The molecule has 0 aliphatic carbocycles. The van der Waals surface area contributed by atoms with Crippen molar-refractivity contribution in [2.45, 2.75) is 4.83 Å². The van der Waals surface area contributed by atoms with E-state index in [0.717, 1.165) is 5.56 Å². The lowest BCUT2D eigenvalue weighted by atomic mass is 10.1. The summed E-state index contributed by atoms with van der Waals surface area (Å²) in [5.74, 6) is -0.191. The van der Waals surface area contributed by atoms with Crippen molar-refractivity contribution in [1.29, 1.82) is 0 Å². The topological polar surface area (TPSA) is 78.4 Å². The fourth-order valence-electron chi connectivity index (χ4n) is 1.22. The van der Waals surface area contributed by atoms with Crippen molar-refractivity contribution in [2.75, 3.05) is 13.1 Å². The minimum atomic E-state index is -1.10. The van der Waals surface area contributed by atoms with Gasteiger partial charge in [0.2, 0.25) is 5.91 Å². The van der Waals surface area contributed by atoms with Crippen molar-refractivity contribution < 1.29 is 14.7 Å². The molecule has 0 aliphatic rings. The van der Waals surface area contributed by atoms with Crippen LogP contribution >= 0.6 is 15.9 Å². The molecule has 5 nitrogen and oxygen atoms in total. The molecule has 6 heteroatoms. The number of rotatable bonds is 5. The number of benzene rings is 1. The van der Waals surface area contributed by atoms with Crippen LogP contribution in [0.4, 0.5) is 4.79 Å². The van der Waals surface area contributed by atoms with Gasteiger partial charge in [-0.3, -0.25) is 4.79 Å². The van der Waals surface area contributed by atoms with E-state index in [1.165, 1.54) is 0 Å². The average Bonchev–Trinajstić information content (AvgIpc) is 2.34. The van der Waals surface area contributed by atoms with Crippen molar-refractivity contribution in [3.8, 4) is 0 Å². The van der Waals surface area contributed by atoms with Crippen molar-refractivity contribution in [3.05, 3.63) is 35.9 Å². The molecule has 0 radical (unpaired) electrons. The van der Waals surface area contributed by atoms with E-state index in [4.69, 9.17) is 5.11 Å². The molecule has 1 unspecified atom stereocenters. The summed E-state index contributed by atoms with van der Waals surface area (Å²) in [7, 11) is 0. The molecule has 0 fully saturated rings. The number of carbonyl (C=O) groups is 2. The molecule has 2 amide bonds. The van der Waals surface area contributed by atoms with Gasteiger partial charge in [-0.15, -0.1) is 0 Å². The Kier molecular flexibility index (Phi) is 5.48. The smallest absolute Gasteiger partial charge is 0.404 e. The summed E-state index contributed by atoms with van der Waals surface area (Å²) < 4.78 is 0. The van der Waals surface area contributed by atoms with E-state index >= 15 is 0 Å². The summed E-state index contributed by atoms with van der Waals surface area (Å²) in [5, 5.41) is 13.1. The zero-order valence-corrected chi connectivity index (χ0v) is 10.6. The molecule has 0 bridgehead atoms. The van der Waals surface area contributed by atoms with E-state index in [2.05, 4.69) is 26.6 Å². The fourth-order valence-corrected chi connectivity index (χ4v) is 1.69. The Labute approximate surface area is 107 Å². The van der Waals surface area contributed by atoms with Gasteiger partial charge in [-0.1, -0.05) is 46.3 Å². The van der Waals surface area contributed by atoms with Gasteiger partial charge in [0.15, 0.2) is 0 Å². The Morgan fingerprint density at radius 2 is 1.76 bits per heavy atom. The second-order valence-corrected chi connectivity index (χ2v) is 4.21. The minimum Gasteiger partial charge on any atom is -0.465 e. The largest absolute Gasteiger partial charge is 0.465 e. The van der Waals surface area contributed by atoms with Gasteiger partial charge in [0.05, 0.1) is 0 Å². The van der Waals surface area contributed by atoms with Gasteiger partial charge in [0.1, 0.15) is 4.83 Å². The first kappa shape index (κ1) is 13.5. The van der Waals surface area contributed by atoms with Gasteiger partial charge >= 0.3 is 6.09 Å². The predicted octanol–water partition coefficient (Wildman–Crippen LogP) is 1.51. The van der Waals surface area contributed by atoms with Crippen LogP contribution in [0.25, 0.3) is 0 Å². The van der Waals surface area contributed by atoms with Crippen LogP contribution in [0.1, 0.15) is 10.4 Å². The molecule has 17 heavy (non-hydrogen) atoms. The SMILES string of the molecule is O=C(O)NCCNC(=O)C(Br)c1ccccc1. The van der Waals surface area contributed by atoms with Gasteiger partial charge in [-0.25, -0.2) is 4.79 Å². The average molecular weight is 301 g/mol. The van der Waals surface area contributed by atoms with Gasteiger partial charge in [0, 0.05) is 13.1 Å². The highest BCUT2D eigenvalue weighted by Crippen LogP contribution is 2.21. The first-order valence-electron chi connectivity index (χ1n) is 5.05. The van der Waals surface area contributed by atoms with Crippen LogP contribution in [0.3, 0.4) is 0 Å². The van der Waals surface area contributed by atoms with Crippen molar-refractivity contribution in [2.24, 2.45) is 0 Å². The van der Waals surface area contributed by atoms with Crippen LogP contribution in [0, 0.1) is 0 Å². The highest BCUT2D eigenvalue weighted by atomic mass is 79.9. The number of alkyl halides is 1. The highest BCUT2D eigenvalue weighted by molar-refractivity contribution is 9.09. The van der Waals surface area contributed by atoms with Crippen molar-refractivity contribution in [1.82, 2.24) is 10.6 Å². The Bertz CT molecular complexity index is 384. The Morgan fingerprint density at radius 1 is 1.18 bits per heavy atom. The zero-order chi connectivity index (χ0) is 12.7. The third-order valence-electron chi connectivity index (χ3n) is 2.02. The molecule has 3 N–H and O–H groups in total. The third kappa shape index (κ3) is 4.86. The van der Waals surface area contributed by atoms with Crippen molar-refractivity contribution >= 4 is 27.9 Å². The Hall–Kier alpha value is -1.56. The maximum atomic E-state index is 11.7. The summed E-state index contributed by atoms with van der Waals surface area (Å²) in [6.45, 7) is 0.454. The molecule has 0 aromatic heterocycles. The highest BCUT2D eigenvalue weighted by Gasteiger charge is 2.15. The molecule has 1 atom stereocenters. The van der Waals surface area contributed by atoms with E-state index in [1.54, 1.807) is 0 Å². The molecule has 92 valence electrons. The number of carbonyl (C=O) groups excluding carboxylic acids is 1. The number of hydrogen-bond acceptors (Lipinski definition) is 2. The lowest BCUT2D eigenvalue weighted by Gasteiger charge is -2.10. The van der Waals surface area contributed by atoms with Gasteiger partial charge in [0.25, 0.3) is 0 Å². The normalized spacial score (nSPS) is 11.6. The van der Waals surface area contributed by atoms with E-state index in [9.17, 15) is 9.59 Å². The first-order chi connectivity index (χ1) is 8.11. The van der Waals surface area contributed by atoms with Crippen LogP contribution in [-0.2, 0) is 4.79 Å². The van der Waals surface area contributed by atoms with Crippen LogP contribution in [0.2, 0.25) is 0 Å². The molecule has 1 aromatic carbocycles. The second kappa shape index (κ2) is 6.90.